The number of morpholine rings is 1. The Morgan fingerprint density at radius 2 is 1.74 bits per heavy atom. The fourth-order valence-corrected chi connectivity index (χ4v) is 4.30. The van der Waals surface area contributed by atoms with Crippen molar-refractivity contribution in [2.75, 3.05) is 22.7 Å². The van der Waals surface area contributed by atoms with Crippen molar-refractivity contribution in [2.45, 2.75) is 31.0 Å². The molecule has 1 saturated heterocycles. The first-order chi connectivity index (χ1) is 12.8. The van der Waals surface area contributed by atoms with E-state index in [-0.39, 0.29) is 28.4 Å². The Labute approximate surface area is 158 Å². The van der Waals surface area contributed by atoms with Crippen LogP contribution in [0.2, 0.25) is 0 Å². The first-order valence-electron chi connectivity index (χ1n) is 8.60. The van der Waals surface area contributed by atoms with Crippen LogP contribution in [-0.4, -0.2) is 39.7 Å². The lowest BCUT2D eigenvalue weighted by Gasteiger charge is -2.38. The number of benzene rings is 2. The van der Waals surface area contributed by atoms with Crippen LogP contribution in [0.5, 0.6) is 0 Å². The van der Waals surface area contributed by atoms with E-state index >= 15 is 0 Å². The van der Waals surface area contributed by atoms with Crippen LogP contribution in [0, 0.1) is 0 Å². The molecule has 144 valence electrons. The van der Waals surface area contributed by atoms with E-state index in [1.54, 1.807) is 30.3 Å². The minimum Gasteiger partial charge on any atom is -0.545 e. The van der Waals surface area contributed by atoms with Gasteiger partial charge in [-0.15, -0.1) is 0 Å². The van der Waals surface area contributed by atoms with Crippen molar-refractivity contribution in [1.82, 2.24) is 0 Å². The number of nitrogens with zero attached hydrogens (tertiary/aromatic N) is 1. The van der Waals surface area contributed by atoms with E-state index in [0.717, 1.165) is 0 Å². The summed E-state index contributed by atoms with van der Waals surface area (Å²) in [6.45, 7) is 4.92. The van der Waals surface area contributed by atoms with E-state index in [9.17, 15) is 18.3 Å². The lowest BCUT2D eigenvalue weighted by Crippen LogP contribution is -2.46. The minimum absolute atomic E-state index is 0.0420. The molecular weight excluding hydrogens is 368 g/mol. The average molecular weight is 389 g/mol. The topological polar surface area (TPSA) is 98.8 Å². The van der Waals surface area contributed by atoms with Crippen molar-refractivity contribution in [3.8, 4) is 0 Å². The first-order valence-corrected chi connectivity index (χ1v) is 10.1. The summed E-state index contributed by atoms with van der Waals surface area (Å²) in [6, 6.07) is 12.3. The Bertz CT molecular complexity index is 920. The minimum atomic E-state index is -3.81. The maximum atomic E-state index is 12.5. The Kier molecular flexibility index (Phi) is 5.38. The van der Waals surface area contributed by atoms with Gasteiger partial charge in [-0.25, -0.2) is 8.42 Å². The highest BCUT2D eigenvalue weighted by atomic mass is 32.2. The lowest BCUT2D eigenvalue weighted by molar-refractivity contribution is -0.254. The van der Waals surface area contributed by atoms with Gasteiger partial charge in [0.2, 0.25) is 0 Å². The van der Waals surface area contributed by atoms with Gasteiger partial charge in [0.1, 0.15) is 0 Å². The predicted molar refractivity (Wildman–Crippen MR) is 100 cm³/mol. The van der Waals surface area contributed by atoms with E-state index in [1.165, 1.54) is 18.2 Å². The van der Waals surface area contributed by atoms with E-state index in [0.29, 0.717) is 18.8 Å². The number of hydrogen-bond acceptors (Lipinski definition) is 6. The number of carbonyl (C=O) groups excluding carboxylic acids is 1. The second kappa shape index (κ2) is 7.58. The summed E-state index contributed by atoms with van der Waals surface area (Å²) >= 11 is 0. The number of anilines is 2. The van der Waals surface area contributed by atoms with Crippen LogP contribution in [0.3, 0.4) is 0 Å². The lowest BCUT2D eigenvalue weighted by atomic mass is 10.1. The van der Waals surface area contributed by atoms with Gasteiger partial charge in [0, 0.05) is 30.0 Å². The third kappa shape index (κ3) is 4.40. The molecule has 1 N–H and O–H groups in total. The molecule has 0 unspecified atom stereocenters. The molecular formula is C19H21N2O5S-. The molecule has 2 aromatic carbocycles. The first kappa shape index (κ1) is 19.2. The fourth-order valence-electron chi connectivity index (χ4n) is 3.23. The third-order valence-corrected chi connectivity index (χ3v) is 5.68. The fraction of sp³-hybridized carbons (Fsp3) is 0.316. The Morgan fingerprint density at radius 1 is 1.11 bits per heavy atom. The van der Waals surface area contributed by atoms with Crippen molar-refractivity contribution >= 4 is 27.4 Å². The Morgan fingerprint density at radius 3 is 2.33 bits per heavy atom. The number of rotatable bonds is 5. The van der Waals surface area contributed by atoms with Crippen LogP contribution < -0.4 is 14.7 Å². The van der Waals surface area contributed by atoms with Crippen LogP contribution in [0.15, 0.2) is 53.4 Å². The van der Waals surface area contributed by atoms with Gasteiger partial charge >= 0.3 is 0 Å². The summed E-state index contributed by atoms with van der Waals surface area (Å²) in [4.78, 5) is 13.7. The van der Waals surface area contributed by atoms with Gasteiger partial charge in [0.05, 0.1) is 23.1 Å². The van der Waals surface area contributed by atoms with Gasteiger partial charge in [-0.1, -0.05) is 18.2 Å². The second-order valence-electron chi connectivity index (χ2n) is 6.60. The van der Waals surface area contributed by atoms with Gasteiger partial charge in [-0.05, 0) is 44.2 Å². The van der Waals surface area contributed by atoms with Crippen LogP contribution in [0.4, 0.5) is 11.4 Å². The van der Waals surface area contributed by atoms with Gasteiger partial charge in [-0.2, -0.15) is 0 Å². The highest BCUT2D eigenvalue weighted by Crippen LogP contribution is 2.28. The molecule has 3 rings (SSSR count). The van der Waals surface area contributed by atoms with Crippen LogP contribution in [0.25, 0.3) is 0 Å². The van der Waals surface area contributed by atoms with E-state index in [4.69, 9.17) is 4.74 Å². The number of ether oxygens (including phenoxy) is 1. The van der Waals surface area contributed by atoms with E-state index in [1.807, 2.05) is 18.7 Å². The van der Waals surface area contributed by atoms with Crippen LogP contribution >= 0.6 is 0 Å². The number of carboxylic acids is 1. The number of aromatic carboxylic acids is 1. The SMILES string of the molecule is C[C@H]1CN(c2ccc(NS(=O)(=O)c3ccccc3)cc2C(=O)[O-])C[C@H](C)O1. The largest absolute Gasteiger partial charge is 0.545 e. The average Bonchev–Trinajstić information content (AvgIpc) is 2.61. The third-order valence-electron chi connectivity index (χ3n) is 4.28. The van der Waals surface area contributed by atoms with Gasteiger partial charge in [0.25, 0.3) is 10.0 Å². The van der Waals surface area contributed by atoms with E-state index in [2.05, 4.69) is 4.72 Å². The highest BCUT2D eigenvalue weighted by Gasteiger charge is 2.24. The van der Waals surface area contributed by atoms with Crippen LogP contribution in [-0.2, 0) is 14.8 Å². The molecule has 1 fully saturated rings. The molecule has 0 saturated carbocycles. The molecule has 2 aromatic rings. The molecule has 0 spiro atoms. The molecule has 0 aliphatic carbocycles. The molecule has 1 aliphatic heterocycles. The van der Waals surface area contributed by atoms with Gasteiger partial charge in [0.15, 0.2) is 0 Å². The maximum absolute atomic E-state index is 12.5. The quantitative estimate of drug-likeness (QED) is 0.831. The smallest absolute Gasteiger partial charge is 0.261 e. The molecule has 0 radical (unpaired) electrons. The van der Waals surface area contributed by atoms with Crippen molar-refractivity contribution in [2.24, 2.45) is 0 Å². The second-order valence-corrected chi connectivity index (χ2v) is 8.28. The molecule has 0 aromatic heterocycles. The zero-order chi connectivity index (χ0) is 19.6. The van der Waals surface area contributed by atoms with Gasteiger partial charge < -0.3 is 19.5 Å². The summed E-state index contributed by atoms with van der Waals surface area (Å²) in [7, 11) is -3.81. The zero-order valence-electron chi connectivity index (χ0n) is 15.1. The van der Waals surface area contributed by atoms with E-state index < -0.39 is 16.0 Å². The summed E-state index contributed by atoms with van der Waals surface area (Å²) in [5, 5.41) is 11.7. The molecule has 0 bridgehead atoms. The molecule has 1 heterocycles. The van der Waals surface area contributed by atoms with Crippen LogP contribution in [0.1, 0.15) is 24.2 Å². The molecule has 7 nitrogen and oxygen atoms in total. The van der Waals surface area contributed by atoms with Crippen molar-refractivity contribution in [1.29, 1.82) is 0 Å². The predicted octanol–water partition coefficient (Wildman–Crippen LogP) is 1.46. The summed E-state index contributed by atoms with van der Waals surface area (Å²) in [5.74, 6) is -1.36. The summed E-state index contributed by atoms with van der Waals surface area (Å²) in [6.07, 6.45) is -0.0840. The van der Waals surface area contributed by atoms with Crippen molar-refractivity contribution in [3.63, 3.8) is 0 Å². The molecule has 2 atom stereocenters. The Hall–Kier alpha value is -2.58. The van der Waals surface area contributed by atoms with Crippen molar-refractivity contribution in [3.05, 3.63) is 54.1 Å². The highest BCUT2D eigenvalue weighted by molar-refractivity contribution is 7.92. The standard InChI is InChI=1S/C19H22N2O5S/c1-13-11-21(12-14(2)26-13)18-9-8-15(10-17(18)19(22)23)20-27(24,25)16-6-4-3-5-7-16/h3-10,13-14,20H,11-12H2,1-2H3,(H,22,23)/p-1/t13-,14-/m0/s1. The molecule has 1 aliphatic rings. The summed E-state index contributed by atoms with van der Waals surface area (Å²) in [5.41, 5.74) is 0.584. The zero-order valence-corrected chi connectivity index (χ0v) is 15.9. The Balaban J connectivity index is 1.91. The number of carbonyl (C=O) groups is 1. The number of sulfonamides is 1. The summed E-state index contributed by atoms with van der Waals surface area (Å²) < 4.78 is 33.0. The van der Waals surface area contributed by atoms with Gasteiger partial charge in [-0.3, -0.25) is 4.72 Å². The molecule has 0 amide bonds. The number of carboxylic acid groups (broad SMARTS) is 1. The van der Waals surface area contributed by atoms with Crippen molar-refractivity contribution < 1.29 is 23.1 Å². The number of nitrogens with one attached hydrogen (secondary N) is 1. The molecule has 27 heavy (non-hydrogen) atoms. The monoisotopic (exact) mass is 389 g/mol. The normalized spacial score (nSPS) is 20.3. The maximum Gasteiger partial charge on any atom is 0.261 e. The molecule has 8 heteroatoms. The number of hydrogen-bond donors (Lipinski definition) is 1.